The van der Waals surface area contributed by atoms with Crippen molar-refractivity contribution in [3.8, 4) is 0 Å². The minimum atomic E-state index is -0.311. The molecule has 0 saturated carbocycles. The number of hydrogen-bond donors (Lipinski definition) is 2. The van der Waals surface area contributed by atoms with Crippen LogP contribution in [-0.4, -0.2) is 36.9 Å². The van der Waals surface area contributed by atoms with Crippen molar-refractivity contribution in [2.45, 2.75) is 39.7 Å². The van der Waals surface area contributed by atoms with Crippen LogP contribution in [0.3, 0.4) is 0 Å². The van der Waals surface area contributed by atoms with Crippen molar-refractivity contribution in [1.82, 2.24) is 5.32 Å². The third kappa shape index (κ3) is 4.18. The predicted molar refractivity (Wildman–Crippen MR) is 92.9 cm³/mol. The van der Waals surface area contributed by atoms with Crippen LogP contribution in [0.15, 0.2) is 0 Å². The number of carbonyl (C=O) groups excluding carboxylic acids is 1. The first-order chi connectivity index (χ1) is 10.5. The van der Waals surface area contributed by atoms with Crippen molar-refractivity contribution in [3.05, 3.63) is 16.0 Å². The van der Waals surface area contributed by atoms with Gasteiger partial charge in [0, 0.05) is 18.0 Å². The van der Waals surface area contributed by atoms with Gasteiger partial charge in [-0.05, 0) is 51.4 Å². The molecule has 7 heteroatoms. The lowest BCUT2D eigenvalue weighted by Gasteiger charge is -2.14. The molecule has 5 nitrogen and oxygen atoms in total. The fourth-order valence-electron chi connectivity index (χ4n) is 2.32. The summed E-state index contributed by atoms with van der Waals surface area (Å²) >= 11 is 6.82. The Morgan fingerprint density at radius 1 is 1.50 bits per heavy atom. The maximum atomic E-state index is 12.1. The Balaban J connectivity index is 2.00. The Morgan fingerprint density at radius 2 is 2.27 bits per heavy atom. The van der Waals surface area contributed by atoms with Crippen molar-refractivity contribution < 1.29 is 14.3 Å². The van der Waals surface area contributed by atoms with E-state index in [2.05, 4.69) is 10.6 Å². The standard InChI is InChI=1S/C15H22N2O3S2/c1-4-19-14(18)12-9(2)10(3)22-13(12)17-15(21)16-8-11-6-5-7-20-11/h11H,4-8H2,1-3H3,(H2,16,17,21)/t11-/m0/s1. The Bertz CT molecular complexity index is 551. The lowest BCUT2D eigenvalue weighted by molar-refractivity contribution is 0.0527. The molecule has 1 aliphatic heterocycles. The van der Waals surface area contributed by atoms with E-state index in [0.717, 1.165) is 34.9 Å². The molecule has 0 bridgehead atoms. The molecule has 0 unspecified atom stereocenters. The summed E-state index contributed by atoms with van der Waals surface area (Å²) in [6, 6.07) is 0. The van der Waals surface area contributed by atoms with E-state index in [1.807, 2.05) is 13.8 Å². The second-order valence-electron chi connectivity index (χ2n) is 5.18. The summed E-state index contributed by atoms with van der Waals surface area (Å²) in [4.78, 5) is 13.2. The molecule has 1 saturated heterocycles. The second-order valence-corrected chi connectivity index (χ2v) is 6.81. The quantitative estimate of drug-likeness (QED) is 0.634. The van der Waals surface area contributed by atoms with Gasteiger partial charge in [0.05, 0.1) is 18.3 Å². The molecule has 2 N–H and O–H groups in total. The summed E-state index contributed by atoms with van der Waals surface area (Å²) in [5.74, 6) is -0.311. The normalized spacial score (nSPS) is 17.3. The van der Waals surface area contributed by atoms with Crippen LogP contribution in [-0.2, 0) is 9.47 Å². The Kier molecular flexibility index (Phi) is 6.16. The molecular formula is C15H22N2O3S2. The van der Waals surface area contributed by atoms with Crippen LogP contribution in [0.5, 0.6) is 0 Å². The van der Waals surface area contributed by atoms with E-state index >= 15 is 0 Å². The smallest absolute Gasteiger partial charge is 0.341 e. The Morgan fingerprint density at radius 3 is 2.91 bits per heavy atom. The van der Waals surface area contributed by atoms with Gasteiger partial charge in [-0.3, -0.25) is 0 Å². The molecular weight excluding hydrogens is 320 g/mol. The van der Waals surface area contributed by atoms with Gasteiger partial charge in [-0.1, -0.05) is 0 Å². The highest BCUT2D eigenvalue weighted by atomic mass is 32.1. The molecule has 1 aromatic heterocycles. The number of thiocarbonyl (C=S) groups is 1. The van der Waals surface area contributed by atoms with Gasteiger partial charge in [0.1, 0.15) is 5.00 Å². The largest absolute Gasteiger partial charge is 0.462 e. The summed E-state index contributed by atoms with van der Waals surface area (Å²) in [6.45, 7) is 7.57. The second kappa shape index (κ2) is 7.89. The molecule has 22 heavy (non-hydrogen) atoms. The first kappa shape index (κ1) is 17.2. The molecule has 2 rings (SSSR count). The van der Waals surface area contributed by atoms with Crippen molar-refractivity contribution >= 4 is 39.6 Å². The van der Waals surface area contributed by atoms with Crippen molar-refractivity contribution in [1.29, 1.82) is 0 Å². The molecule has 0 aliphatic carbocycles. The van der Waals surface area contributed by atoms with E-state index in [1.54, 1.807) is 6.92 Å². The molecule has 0 amide bonds. The monoisotopic (exact) mass is 342 g/mol. The summed E-state index contributed by atoms with van der Waals surface area (Å²) in [6.07, 6.45) is 2.38. The van der Waals surface area contributed by atoms with Crippen LogP contribution in [0.1, 0.15) is 40.6 Å². The van der Waals surface area contributed by atoms with Crippen molar-refractivity contribution in [2.24, 2.45) is 0 Å². The zero-order valence-electron chi connectivity index (χ0n) is 13.2. The Labute approximate surface area is 140 Å². The first-order valence-electron chi connectivity index (χ1n) is 7.46. The third-order valence-corrected chi connectivity index (χ3v) is 4.98. The minimum Gasteiger partial charge on any atom is -0.462 e. The third-order valence-electron chi connectivity index (χ3n) is 3.61. The number of esters is 1. The zero-order valence-corrected chi connectivity index (χ0v) is 14.8. The number of aryl methyl sites for hydroxylation is 1. The first-order valence-corrected chi connectivity index (χ1v) is 8.69. The lowest BCUT2D eigenvalue weighted by Crippen LogP contribution is -2.35. The van der Waals surface area contributed by atoms with E-state index in [9.17, 15) is 4.79 Å². The average Bonchev–Trinajstić information content (AvgIpc) is 3.06. The van der Waals surface area contributed by atoms with E-state index in [-0.39, 0.29) is 12.1 Å². The van der Waals surface area contributed by atoms with Crippen LogP contribution in [0.4, 0.5) is 5.00 Å². The molecule has 0 aromatic carbocycles. The van der Waals surface area contributed by atoms with Gasteiger partial charge in [-0.2, -0.15) is 0 Å². The maximum absolute atomic E-state index is 12.1. The number of ether oxygens (including phenoxy) is 2. The molecule has 1 fully saturated rings. The van der Waals surface area contributed by atoms with Crippen molar-refractivity contribution in [3.63, 3.8) is 0 Å². The number of nitrogens with one attached hydrogen (secondary N) is 2. The van der Waals surface area contributed by atoms with Crippen LogP contribution in [0, 0.1) is 13.8 Å². The number of rotatable bonds is 5. The Hall–Kier alpha value is -1.18. The van der Waals surface area contributed by atoms with Gasteiger partial charge in [0.15, 0.2) is 5.11 Å². The topological polar surface area (TPSA) is 59.6 Å². The van der Waals surface area contributed by atoms with E-state index in [0.29, 0.717) is 23.8 Å². The molecule has 0 radical (unpaired) electrons. The van der Waals surface area contributed by atoms with Crippen LogP contribution in [0.2, 0.25) is 0 Å². The zero-order chi connectivity index (χ0) is 16.1. The highest BCUT2D eigenvalue weighted by Crippen LogP contribution is 2.33. The van der Waals surface area contributed by atoms with Crippen LogP contribution >= 0.6 is 23.6 Å². The highest BCUT2D eigenvalue weighted by molar-refractivity contribution is 7.80. The summed E-state index contributed by atoms with van der Waals surface area (Å²) in [5, 5.41) is 7.50. The fraction of sp³-hybridized carbons (Fsp3) is 0.600. The summed E-state index contributed by atoms with van der Waals surface area (Å²) in [5.41, 5.74) is 1.51. The van der Waals surface area contributed by atoms with E-state index in [1.165, 1.54) is 11.3 Å². The van der Waals surface area contributed by atoms with E-state index < -0.39 is 0 Å². The molecule has 0 spiro atoms. The number of hydrogen-bond acceptors (Lipinski definition) is 5. The van der Waals surface area contributed by atoms with Gasteiger partial charge >= 0.3 is 5.97 Å². The molecule has 2 heterocycles. The van der Waals surface area contributed by atoms with Gasteiger partial charge in [0.25, 0.3) is 0 Å². The summed E-state index contributed by atoms with van der Waals surface area (Å²) < 4.78 is 10.7. The molecule has 1 aliphatic rings. The van der Waals surface area contributed by atoms with Gasteiger partial charge in [0.2, 0.25) is 0 Å². The molecule has 1 aromatic rings. The predicted octanol–water partition coefficient (Wildman–Crippen LogP) is 3.01. The number of carbonyl (C=O) groups is 1. The van der Waals surface area contributed by atoms with Crippen LogP contribution in [0.25, 0.3) is 0 Å². The van der Waals surface area contributed by atoms with Gasteiger partial charge in [-0.15, -0.1) is 11.3 Å². The fourth-order valence-corrected chi connectivity index (χ4v) is 3.63. The number of thiophene rings is 1. The highest BCUT2D eigenvalue weighted by Gasteiger charge is 2.21. The van der Waals surface area contributed by atoms with Gasteiger partial charge in [-0.25, -0.2) is 4.79 Å². The average molecular weight is 342 g/mol. The van der Waals surface area contributed by atoms with Crippen LogP contribution < -0.4 is 10.6 Å². The minimum absolute atomic E-state index is 0.219. The van der Waals surface area contributed by atoms with Gasteiger partial charge < -0.3 is 20.1 Å². The SMILES string of the molecule is CCOC(=O)c1c(NC(=S)NC[C@@H]2CCCO2)sc(C)c1C. The lowest BCUT2D eigenvalue weighted by atomic mass is 10.1. The molecule has 122 valence electrons. The number of anilines is 1. The molecule has 1 atom stereocenters. The van der Waals surface area contributed by atoms with E-state index in [4.69, 9.17) is 21.7 Å². The maximum Gasteiger partial charge on any atom is 0.341 e. The summed E-state index contributed by atoms with van der Waals surface area (Å²) in [7, 11) is 0. The van der Waals surface area contributed by atoms with Crippen molar-refractivity contribution in [2.75, 3.05) is 25.1 Å².